The average molecular weight is 156 g/mol. The van der Waals surface area contributed by atoms with Gasteiger partial charge in [0.05, 0.1) is 18.3 Å². The van der Waals surface area contributed by atoms with Crippen molar-refractivity contribution < 1.29 is 14.6 Å². The molecule has 11 heavy (non-hydrogen) atoms. The standard InChI is InChI=1S/C8H12O3/c9-5-3-6-1-2-7(10)8(4-5)11-6/h6-8,10H,1-4H2. The van der Waals surface area contributed by atoms with Crippen LogP contribution in [0.5, 0.6) is 0 Å². The van der Waals surface area contributed by atoms with E-state index < -0.39 is 6.10 Å². The summed E-state index contributed by atoms with van der Waals surface area (Å²) in [6, 6.07) is 0. The van der Waals surface area contributed by atoms with E-state index in [9.17, 15) is 9.90 Å². The first-order valence-corrected chi connectivity index (χ1v) is 4.11. The number of carbonyl (C=O) groups is 1. The van der Waals surface area contributed by atoms with E-state index in [0.29, 0.717) is 12.8 Å². The zero-order valence-corrected chi connectivity index (χ0v) is 6.32. The van der Waals surface area contributed by atoms with Crippen molar-refractivity contribution in [2.24, 2.45) is 0 Å². The van der Waals surface area contributed by atoms with E-state index in [-0.39, 0.29) is 18.0 Å². The summed E-state index contributed by atoms with van der Waals surface area (Å²) < 4.78 is 5.43. The highest BCUT2D eigenvalue weighted by molar-refractivity contribution is 5.80. The molecule has 2 heterocycles. The lowest BCUT2D eigenvalue weighted by Crippen LogP contribution is -2.45. The Morgan fingerprint density at radius 1 is 1.36 bits per heavy atom. The number of fused-ring (bicyclic) bond motifs is 2. The maximum absolute atomic E-state index is 11.0. The largest absolute Gasteiger partial charge is 0.390 e. The molecule has 0 aromatic rings. The molecule has 2 saturated heterocycles. The first-order chi connectivity index (χ1) is 5.25. The predicted octanol–water partition coefficient (Wildman–Crippen LogP) is 0.258. The molecule has 2 bridgehead atoms. The minimum absolute atomic E-state index is 0.102. The number of hydrogen-bond donors (Lipinski definition) is 1. The molecule has 0 aromatic heterocycles. The van der Waals surface area contributed by atoms with Crippen molar-refractivity contribution in [1.82, 2.24) is 0 Å². The summed E-state index contributed by atoms with van der Waals surface area (Å²) in [6.45, 7) is 0. The van der Waals surface area contributed by atoms with Gasteiger partial charge in [0.1, 0.15) is 5.78 Å². The van der Waals surface area contributed by atoms with E-state index >= 15 is 0 Å². The summed E-state index contributed by atoms with van der Waals surface area (Å²) in [5.74, 6) is 0.241. The average Bonchev–Trinajstić information content (AvgIpc) is 1.97. The minimum atomic E-state index is -0.407. The van der Waals surface area contributed by atoms with Crippen molar-refractivity contribution in [3.8, 4) is 0 Å². The Morgan fingerprint density at radius 3 is 3.00 bits per heavy atom. The lowest BCUT2D eigenvalue weighted by Gasteiger charge is -2.37. The van der Waals surface area contributed by atoms with Crippen LogP contribution in [0.4, 0.5) is 0 Å². The van der Waals surface area contributed by atoms with Crippen molar-refractivity contribution in [1.29, 1.82) is 0 Å². The molecule has 2 fully saturated rings. The van der Waals surface area contributed by atoms with Gasteiger partial charge in [-0.25, -0.2) is 0 Å². The Morgan fingerprint density at radius 2 is 2.18 bits per heavy atom. The number of aliphatic hydroxyl groups excluding tert-OH is 1. The van der Waals surface area contributed by atoms with E-state index in [0.717, 1.165) is 12.8 Å². The van der Waals surface area contributed by atoms with Crippen LogP contribution >= 0.6 is 0 Å². The van der Waals surface area contributed by atoms with Gasteiger partial charge in [0.25, 0.3) is 0 Å². The molecule has 0 saturated carbocycles. The van der Waals surface area contributed by atoms with E-state index in [2.05, 4.69) is 0 Å². The zero-order valence-electron chi connectivity index (χ0n) is 6.32. The number of rotatable bonds is 0. The van der Waals surface area contributed by atoms with Gasteiger partial charge in [0.15, 0.2) is 0 Å². The van der Waals surface area contributed by atoms with Crippen molar-refractivity contribution in [2.75, 3.05) is 0 Å². The van der Waals surface area contributed by atoms with Crippen LogP contribution in [0, 0.1) is 0 Å². The van der Waals surface area contributed by atoms with E-state index in [1.165, 1.54) is 0 Å². The van der Waals surface area contributed by atoms with Crippen LogP contribution in [0.1, 0.15) is 25.7 Å². The van der Waals surface area contributed by atoms with Gasteiger partial charge in [0.2, 0.25) is 0 Å². The number of Topliss-reactive ketones (excluding diaryl/α,β-unsaturated/α-hetero) is 1. The van der Waals surface area contributed by atoms with Crippen LogP contribution in [-0.4, -0.2) is 29.2 Å². The molecule has 62 valence electrons. The molecule has 0 radical (unpaired) electrons. The quantitative estimate of drug-likeness (QED) is 0.547. The third kappa shape index (κ3) is 1.30. The number of carbonyl (C=O) groups excluding carboxylic acids is 1. The van der Waals surface area contributed by atoms with Crippen LogP contribution in [0.15, 0.2) is 0 Å². The first-order valence-electron chi connectivity index (χ1n) is 4.11. The summed E-state index contributed by atoms with van der Waals surface area (Å²) in [5.41, 5.74) is 0. The maximum atomic E-state index is 11.0. The summed E-state index contributed by atoms with van der Waals surface area (Å²) in [6.07, 6.45) is 2.10. The third-order valence-corrected chi connectivity index (χ3v) is 2.47. The van der Waals surface area contributed by atoms with E-state index in [1.807, 2.05) is 0 Å². The Bertz CT molecular complexity index is 178. The van der Waals surface area contributed by atoms with Gasteiger partial charge in [-0.1, -0.05) is 0 Å². The van der Waals surface area contributed by atoms with Gasteiger partial charge in [-0.15, -0.1) is 0 Å². The molecule has 0 aliphatic carbocycles. The summed E-state index contributed by atoms with van der Waals surface area (Å²) >= 11 is 0. The smallest absolute Gasteiger partial charge is 0.138 e. The number of hydrogen-bond acceptors (Lipinski definition) is 3. The van der Waals surface area contributed by atoms with Gasteiger partial charge >= 0.3 is 0 Å². The van der Waals surface area contributed by atoms with Gasteiger partial charge < -0.3 is 9.84 Å². The second kappa shape index (κ2) is 2.57. The molecular formula is C8H12O3. The molecule has 3 unspecified atom stereocenters. The highest BCUT2D eigenvalue weighted by Crippen LogP contribution is 2.28. The number of ketones is 1. The molecule has 3 nitrogen and oxygen atoms in total. The van der Waals surface area contributed by atoms with E-state index in [1.54, 1.807) is 0 Å². The molecule has 0 aromatic carbocycles. The molecule has 3 atom stereocenters. The topological polar surface area (TPSA) is 46.5 Å². The highest BCUT2D eigenvalue weighted by atomic mass is 16.5. The second-order valence-corrected chi connectivity index (χ2v) is 3.39. The van der Waals surface area contributed by atoms with Crippen molar-refractivity contribution in [3.63, 3.8) is 0 Å². The summed E-state index contributed by atoms with van der Waals surface area (Å²) in [5, 5.41) is 9.36. The molecule has 1 N–H and O–H groups in total. The lowest BCUT2D eigenvalue weighted by molar-refractivity contribution is -0.160. The fourth-order valence-electron chi connectivity index (χ4n) is 1.84. The number of ether oxygens (including phenoxy) is 1. The minimum Gasteiger partial charge on any atom is -0.390 e. The molecule has 0 amide bonds. The molecule has 0 spiro atoms. The lowest BCUT2D eigenvalue weighted by atomic mass is 9.89. The van der Waals surface area contributed by atoms with Crippen LogP contribution < -0.4 is 0 Å². The van der Waals surface area contributed by atoms with Crippen molar-refractivity contribution in [3.05, 3.63) is 0 Å². The van der Waals surface area contributed by atoms with Crippen LogP contribution in [0.2, 0.25) is 0 Å². The molecule has 2 aliphatic rings. The fraction of sp³-hybridized carbons (Fsp3) is 0.875. The maximum Gasteiger partial charge on any atom is 0.138 e. The van der Waals surface area contributed by atoms with Crippen molar-refractivity contribution in [2.45, 2.75) is 44.0 Å². The fourth-order valence-corrected chi connectivity index (χ4v) is 1.84. The molecular weight excluding hydrogens is 144 g/mol. The first kappa shape index (κ1) is 7.25. The van der Waals surface area contributed by atoms with Gasteiger partial charge in [-0.05, 0) is 12.8 Å². The Kier molecular flexibility index (Phi) is 1.69. The zero-order chi connectivity index (χ0) is 7.84. The van der Waals surface area contributed by atoms with Crippen molar-refractivity contribution >= 4 is 5.78 Å². The van der Waals surface area contributed by atoms with E-state index in [4.69, 9.17) is 4.74 Å². The Hall–Kier alpha value is -0.410. The second-order valence-electron chi connectivity index (χ2n) is 3.39. The van der Waals surface area contributed by atoms with Gasteiger partial charge in [-0.2, -0.15) is 0 Å². The summed E-state index contributed by atoms with van der Waals surface area (Å²) in [7, 11) is 0. The normalized spacial score (nSPS) is 44.1. The molecule has 3 heteroatoms. The van der Waals surface area contributed by atoms with Crippen LogP contribution in [0.3, 0.4) is 0 Å². The van der Waals surface area contributed by atoms with Gasteiger partial charge in [0, 0.05) is 12.8 Å². The monoisotopic (exact) mass is 156 g/mol. The van der Waals surface area contributed by atoms with Gasteiger partial charge in [-0.3, -0.25) is 4.79 Å². The summed E-state index contributed by atoms with van der Waals surface area (Å²) in [4.78, 5) is 11.0. The number of aliphatic hydroxyl groups is 1. The predicted molar refractivity (Wildman–Crippen MR) is 38.1 cm³/mol. The Balaban J connectivity index is 2.08. The van der Waals surface area contributed by atoms with Crippen LogP contribution in [-0.2, 0) is 9.53 Å². The molecule has 2 aliphatic heterocycles. The molecule has 2 rings (SSSR count). The third-order valence-electron chi connectivity index (χ3n) is 2.47. The SMILES string of the molecule is O=C1CC2CCC(O)C(C1)O2. The Labute approximate surface area is 65.4 Å². The van der Waals surface area contributed by atoms with Crippen LogP contribution in [0.25, 0.3) is 0 Å². The highest BCUT2D eigenvalue weighted by Gasteiger charge is 2.36.